The van der Waals surface area contributed by atoms with Crippen molar-refractivity contribution in [2.24, 2.45) is 0 Å². The maximum atomic E-state index is 13.7. The predicted molar refractivity (Wildman–Crippen MR) is 149 cm³/mol. The van der Waals surface area contributed by atoms with E-state index in [4.69, 9.17) is 13.9 Å². The zero-order valence-electron chi connectivity index (χ0n) is 22.6. The molecule has 0 aliphatic carbocycles. The number of nitrogens with one attached hydrogen (secondary N) is 2. The smallest absolute Gasteiger partial charge is 0.255 e. The van der Waals surface area contributed by atoms with Gasteiger partial charge in [0.15, 0.2) is 11.5 Å². The van der Waals surface area contributed by atoms with Crippen molar-refractivity contribution in [3.05, 3.63) is 76.9 Å². The Morgan fingerprint density at radius 1 is 1.25 bits per heavy atom. The minimum absolute atomic E-state index is 0.110. The number of carbonyl (C=O) groups is 1. The first-order valence-corrected chi connectivity index (χ1v) is 14.7. The van der Waals surface area contributed by atoms with E-state index in [1.165, 1.54) is 18.4 Å². The molecule has 1 aliphatic heterocycles. The van der Waals surface area contributed by atoms with E-state index >= 15 is 0 Å². The van der Waals surface area contributed by atoms with Crippen LogP contribution in [0.5, 0.6) is 11.5 Å². The van der Waals surface area contributed by atoms with Gasteiger partial charge in [-0.25, -0.2) is 22.5 Å². The highest BCUT2D eigenvalue weighted by atomic mass is 32.2. The van der Waals surface area contributed by atoms with Gasteiger partial charge < -0.3 is 19.2 Å². The number of methoxy groups -OCH3 is 1. The summed E-state index contributed by atoms with van der Waals surface area (Å²) in [6.07, 6.45) is 4.74. The molecule has 0 bridgehead atoms. The molecule has 2 aromatic carbocycles. The van der Waals surface area contributed by atoms with Gasteiger partial charge in [0, 0.05) is 48.3 Å². The molecule has 3 heterocycles. The highest BCUT2D eigenvalue weighted by molar-refractivity contribution is 7.88. The number of benzene rings is 2. The highest BCUT2D eigenvalue weighted by Gasteiger charge is 2.37. The lowest BCUT2D eigenvalue weighted by atomic mass is 9.80. The summed E-state index contributed by atoms with van der Waals surface area (Å²) in [4.78, 5) is 16.9. The minimum Gasteiger partial charge on any atom is -0.492 e. The quantitative estimate of drug-likeness (QED) is 0.308. The van der Waals surface area contributed by atoms with E-state index in [0.717, 1.165) is 34.1 Å². The minimum atomic E-state index is -3.48. The lowest BCUT2D eigenvalue weighted by Crippen LogP contribution is -2.30. The van der Waals surface area contributed by atoms with Crippen LogP contribution in [0.25, 0.3) is 22.2 Å². The van der Waals surface area contributed by atoms with Crippen LogP contribution in [0, 0.1) is 5.82 Å². The molecule has 1 aliphatic rings. The number of pyridine rings is 1. The number of hydrogen-bond donors (Lipinski definition) is 2. The van der Waals surface area contributed by atoms with Gasteiger partial charge in [0.05, 0.1) is 30.9 Å². The molecule has 210 valence electrons. The zero-order chi connectivity index (χ0) is 28.6. The first kappa shape index (κ1) is 27.6. The molecule has 1 amide bonds. The predicted octanol–water partition coefficient (Wildman–Crippen LogP) is 4.37. The van der Waals surface area contributed by atoms with Crippen LogP contribution in [0.15, 0.2) is 53.3 Å². The summed E-state index contributed by atoms with van der Waals surface area (Å²) >= 11 is 0. The Labute approximate surface area is 231 Å². The average molecular weight is 568 g/mol. The molecule has 5 rings (SSSR count). The van der Waals surface area contributed by atoms with Gasteiger partial charge in [0.25, 0.3) is 5.91 Å². The van der Waals surface area contributed by atoms with Gasteiger partial charge >= 0.3 is 0 Å². The number of ether oxygens (including phenoxy) is 2. The zero-order valence-corrected chi connectivity index (χ0v) is 23.4. The fourth-order valence-electron chi connectivity index (χ4n) is 5.42. The number of nitrogens with zero attached hydrogens (tertiary/aromatic N) is 1. The largest absolute Gasteiger partial charge is 0.492 e. The van der Waals surface area contributed by atoms with Crippen LogP contribution in [0.1, 0.15) is 45.8 Å². The first-order chi connectivity index (χ1) is 19.2. The van der Waals surface area contributed by atoms with E-state index in [9.17, 15) is 17.6 Å². The Morgan fingerprint density at radius 2 is 2.00 bits per heavy atom. The van der Waals surface area contributed by atoms with Gasteiger partial charge in [0.2, 0.25) is 15.7 Å². The van der Waals surface area contributed by atoms with Crippen molar-refractivity contribution >= 4 is 27.0 Å². The van der Waals surface area contributed by atoms with E-state index in [0.29, 0.717) is 34.6 Å². The SMILES string of the molecule is CCc1cc2c(c(OC)c1-c1ccnc3occ(C(=O)NC)c13)OCC2C(CNS(C)(=O)=O)c1ccc(F)cc1. The van der Waals surface area contributed by atoms with Gasteiger partial charge in [-0.2, -0.15) is 0 Å². The van der Waals surface area contributed by atoms with Crippen LogP contribution in [0.4, 0.5) is 4.39 Å². The summed E-state index contributed by atoms with van der Waals surface area (Å²) in [7, 11) is -0.365. The Balaban J connectivity index is 1.69. The Kier molecular flexibility index (Phi) is 7.52. The highest BCUT2D eigenvalue weighted by Crippen LogP contribution is 2.53. The maximum Gasteiger partial charge on any atom is 0.255 e. The number of halogens is 1. The second-order valence-corrected chi connectivity index (χ2v) is 11.5. The Hall–Kier alpha value is -3.96. The van der Waals surface area contributed by atoms with Crippen LogP contribution >= 0.6 is 0 Å². The molecule has 2 unspecified atom stereocenters. The van der Waals surface area contributed by atoms with Crippen molar-refractivity contribution in [1.29, 1.82) is 0 Å². The molecule has 0 saturated carbocycles. The molecule has 4 aromatic rings. The Bertz CT molecular complexity index is 1680. The van der Waals surface area contributed by atoms with Gasteiger partial charge in [-0.3, -0.25) is 4.79 Å². The molecule has 0 fully saturated rings. The lowest BCUT2D eigenvalue weighted by molar-refractivity contribution is 0.0964. The van der Waals surface area contributed by atoms with Crippen LogP contribution in [0.2, 0.25) is 0 Å². The number of sulfonamides is 1. The molecule has 0 saturated heterocycles. The van der Waals surface area contributed by atoms with Crippen LogP contribution in [-0.4, -0.2) is 52.9 Å². The van der Waals surface area contributed by atoms with Crippen LogP contribution in [0.3, 0.4) is 0 Å². The van der Waals surface area contributed by atoms with Crippen molar-refractivity contribution in [2.45, 2.75) is 25.2 Å². The third-order valence-electron chi connectivity index (χ3n) is 7.30. The van der Waals surface area contributed by atoms with Gasteiger partial charge in [-0.1, -0.05) is 25.1 Å². The van der Waals surface area contributed by atoms with Gasteiger partial charge in [-0.05, 0) is 35.7 Å². The summed E-state index contributed by atoms with van der Waals surface area (Å²) in [5.74, 6) is -0.208. The van der Waals surface area contributed by atoms with Gasteiger partial charge in [0.1, 0.15) is 12.1 Å². The molecule has 0 spiro atoms. The van der Waals surface area contributed by atoms with Crippen LogP contribution < -0.4 is 19.5 Å². The fourth-order valence-corrected chi connectivity index (χ4v) is 5.91. The second-order valence-electron chi connectivity index (χ2n) is 9.68. The number of aryl methyl sites for hydroxylation is 1. The summed E-state index contributed by atoms with van der Waals surface area (Å²) < 4.78 is 58.2. The summed E-state index contributed by atoms with van der Waals surface area (Å²) in [6, 6.07) is 9.93. The summed E-state index contributed by atoms with van der Waals surface area (Å²) in [5.41, 5.74) is 4.74. The van der Waals surface area contributed by atoms with E-state index in [1.54, 1.807) is 32.5 Å². The van der Waals surface area contributed by atoms with Crippen molar-refractivity contribution in [2.75, 3.05) is 33.6 Å². The average Bonchev–Trinajstić information content (AvgIpc) is 3.56. The number of fused-ring (bicyclic) bond motifs is 2. The summed E-state index contributed by atoms with van der Waals surface area (Å²) in [6.45, 7) is 2.40. The third kappa shape index (κ3) is 5.02. The molecular formula is C29H30FN3O6S. The first-order valence-electron chi connectivity index (χ1n) is 12.8. The number of rotatable bonds is 9. The monoisotopic (exact) mass is 567 g/mol. The molecule has 40 heavy (non-hydrogen) atoms. The number of hydrogen-bond acceptors (Lipinski definition) is 7. The Morgan fingerprint density at radius 3 is 2.65 bits per heavy atom. The molecule has 11 heteroatoms. The number of aromatic nitrogens is 1. The fraction of sp³-hybridized carbons (Fsp3) is 0.310. The van der Waals surface area contributed by atoms with Crippen LogP contribution in [-0.2, 0) is 16.4 Å². The maximum absolute atomic E-state index is 13.7. The molecule has 9 nitrogen and oxygen atoms in total. The summed E-state index contributed by atoms with van der Waals surface area (Å²) in [5, 5.41) is 3.20. The molecule has 2 aromatic heterocycles. The topological polar surface area (TPSA) is 120 Å². The number of amides is 1. The van der Waals surface area contributed by atoms with Crippen molar-refractivity contribution < 1.29 is 31.5 Å². The normalized spacial score (nSPS) is 15.5. The second kappa shape index (κ2) is 10.9. The number of carbonyl (C=O) groups excluding carboxylic acids is 1. The molecule has 2 N–H and O–H groups in total. The standard InChI is InChI=1S/C29H30FN3O6S/c1-5-16-12-20-22(21(13-33-40(4,35)36)17-6-8-18(30)9-7-17)14-38-26(20)27(37-3)24(16)19-10-11-32-29-25(19)23(15-39-29)28(34)31-2/h6-12,15,21-22,33H,5,13-14H2,1-4H3,(H,31,34). The van der Waals surface area contributed by atoms with Crippen molar-refractivity contribution in [3.8, 4) is 22.6 Å². The molecular weight excluding hydrogens is 537 g/mol. The lowest BCUT2D eigenvalue weighted by Gasteiger charge is -2.24. The third-order valence-corrected chi connectivity index (χ3v) is 7.99. The van der Waals surface area contributed by atoms with E-state index in [-0.39, 0.29) is 36.7 Å². The molecule has 0 radical (unpaired) electrons. The van der Waals surface area contributed by atoms with E-state index < -0.39 is 10.0 Å². The van der Waals surface area contributed by atoms with E-state index in [2.05, 4.69) is 15.0 Å². The van der Waals surface area contributed by atoms with Gasteiger partial charge in [-0.15, -0.1) is 0 Å². The van der Waals surface area contributed by atoms with Crippen molar-refractivity contribution in [3.63, 3.8) is 0 Å². The molecule has 2 atom stereocenters. The number of furan rings is 1. The van der Waals surface area contributed by atoms with Crippen molar-refractivity contribution in [1.82, 2.24) is 15.0 Å². The van der Waals surface area contributed by atoms with E-state index in [1.807, 2.05) is 19.1 Å².